The maximum atomic E-state index is 11.7. The molecule has 0 aliphatic carbocycles. The molecule has 0 saturated heterocycles. The van der Waals surface area contributed by atoms with Gasteiger partial charge in [-0.3, -0.25) is 4.79 Å². The second-order valence-corrected chi connectivity index (χ2v) is 5.29. The van der Waals surface area contributed by atoms with Crippen LogP contribution in [0.4, 0.5) is 5.69 Å². The van der Waals surface area contributed by atoms with Crippen LogP contribution in [-0.2, 0) is 4.79 Å². The molecule has 2 nitrogen and oxygen atoms in total. The minimum Gasteiger partial charge on any atom is -0.321 e. The van der Waals surface area contributed by atoms with Gasteiger partial charge in [0.15, 0.2) is 0 Å². The van der Waals surface area contributed by atoms with Crippen LogP contribution in [-0.4, -0.2) is 5.91 Å². The van der Waals surface area contributed by atoms with Gasteiger partial charge >= 0.3 is 0 Å². The Morgan fingerprint density at radius 1 is 1.28 bits per heavy atom. The molecule has 0 unspecified atom stereocenters. The van der Waals surface area contributed by atoms with Gasteiger partial charge in [0.1, 0.15) is 0 Å². The Kier molecular flexibility index (Phi) is 4.42. The summed E-state index contributed by atoms with van der Waals surface area (Å²) in [5.41, 5.74) is 0.505. The zero-order valence-corrected chi connectivity index (χ0v) is 11.5. The number of benzene rings is 1. The molecule has 0 atom stereocenters. The summed E-state index contributed by atoms with van der Waals surface area (Å²) >= 11 is 13.3. The number of rotatable bonds is 3. The van der Waals surface area contributed by atoms with Crippen molar-refractivity contribution in [1.82, 2.24) is 0 Å². The second-order valence-electron chi connectivity index (χ2n) is 3.46. The summed E-state index contributed by atoms with van der Waals surface area (Å²) in [6, 6.07) is 8.78. The summed E-state index contributed by atoms with van der Waals surface area (Å²) in [6.07, 6.45) is 3.21. The van der Waals surface area contributed by atoms with Gasteiger partial charge in [-0.2, -0.15) is 0 Å². The molecule has 2 rings (SSSR count). The minimum atomic E-state index is -0.243. The van der Waals surface area contributed by atoms with Crippen LogP contribution in [0.2, 0.25) is 10.0 Å². The highest BCUT2D eigenvalue weighted by atomic mass is 35.5. The van der Waals surface area contributed by atoms with Crippen LogP contribution >= 0.6 is 34.5 Å². The van der Waals surface area contributed by atoms with E-state index in [9.17, 15) is 4.79 Å². The molecule has 0 bridgehead atoms. The van der Waals surface area contributed by atoms with Crippen molar-refractivity contribution in [3.05, 3.63) is 56.7 Å². The highest BCUT2D eigenvalue weighted by Gasteiger charge is 2.03. The molecule has 0 fully saturated rings. The quantitative estimate of drug-likeness (QED) is 0.817. The molecule has 1 N–H and O–H groups in total. The molecule has 0 saturated carbocycles. The maximum Gasteiger partial charge on any atom is 0.248 e. The number of nitrogens with one attached hydrogen (secondary N) is 1. The normalized spacial score (nSPS) is 10.8. The van der Waals surface area contributed by atoms with Gasteiger partial charge in [-0.25, -0.2) is 0 Å². The molecule has 1 amide bonds. The number of halogens is 2. The molecular formula is C13H9Cl2NOS. The number of anilines is 1. The van der Waals surface area contributed by atoms with Crippen molar-refractivity contribution in [2.24, 2.45) is 0 Å². The lowest BCUT2D eigenvalue weighted by Gasteiger charge is -2.04. The Morgan fingerprint density at radius 3 is 2.83 bits per heavy atom. The second kappa shape index (κ2) is 6.05. The van der Waals surface area contributed by atoms with E-state index in [1.807, 2.05) is 17.5 Å². The van der Waals surface area contributed by atoms with Crippen molar-refractivity contribution >= 4 is 52.2 Å². The van der Waals surface area contributed by atoms with Gasteiger partial charge in [-0.1, -0.05) is 29.3 Å². The van der Waals surface area contributed by atoms with E-state index in [4.69, 9.17) is 23.2 Å². The summed E-state index contributed by atoms with van der Waals surface area (Å²) in [7, 11) is 0. The molecule has 2 aromatic rings. The first kappa shape index (κ1) is 13.1. The van der Waals surface area contributed by atoms with Crippen molar-refractivity contribution in [3.8, 4) is 0 Å². The van der Waals surface area contributed by atoms with Crippen LogP contribution in [0, 0.1) is 0 Å². The molecule has 18 heavy (non-hydrogen) atoms. The van der Waals surface area contributed by atoms with Gasteiger partial charge in [0.2, 0.25) is 5.91 Å². The highest BCUT2D eigenvalue weighted by molar-refractivity contribution is 7.10. The van der Waals surface area contributed by atoms with Gasteiger partial charge in [-0.15, -0.1) is 11.3 Å². The Balaban J connectivity index is 2.05. The van der Waals surface area contributed by atoms with Crippen LogP contribution in [0.3, 0.4) is 0 Å². The summed E-state index contributed by atoms with van der Waals surface area (Å²) in [5.74, 6) is -0.243. The first-order valence-electron chi connectivity index (χ1n) is 5.13. The molecule has 0 radical (unpaired) electrons. The fraction of sp³-hybridized carbons (Fsp3) is 0. The zero-order valence-electron chi connectivity index (χ0n) is 9.19. The van der Waals surface area contributed by atoms with Crippen LogP contribution in [0.5, 0.6) is 0 Å². The average Bonchev–Trinajstić information content (AvgIpc) is 2.84. The van der Waals surface area contributed by atoms with Crippen LogP contribution in [0.15, 0.2) is 41.8 Å². The zero-order chi connectivity index (χ0) is 13.0. The Labute approximate surface area is 119 Å². The van der Waals surface area contributed by atoms with E-state index >= 15 is 0 Å². The van der Waals surface area contributed by atoms with Gasteiger partial charge in [-0.05, 0) is 35.7 Å². The molecule has 5 heteroatoms. The molecular weight excluding hydrogens is 289 g/mol. The third-order valence-electron chi connectivity index (χ3n) is 2.13. The fourth-order valence-electron chi connectivity index (χ4n) is 1.31. The van der Waals surface area contributed by atoms with E-state index in [1.54, 1.807) is 35.6 Å². The van der Waals surface area contributed by atoms with E-state index < -0.39 is 0 Å². The number of thiophene rings is 1. The summed E-state index contributed by atoms with van der Waals surface area (Å²) in [4.78, 5) is 12.7. The van der Waals surface area contributed by atoms with Crippen molar-refractivity contribution in [2.45, 2.75) is 0 Å². The van der Waals surface area contributed by atoms with E-state index in [1.165, 1.54) is 6.08 Å². The molecule has 1 aromatic carbocycles. The van der Waals surface area contributed by atoms with Crippen molar-refractivity contribution < 1.29 is 4.79 Å². The topological polar surface area (TPSA) is 29.1 Å². The third-order valence-corrected chi connectivity index (χ3v) is 3.53. The smallest absolute Gasteiger partial charge is 0.248 e. The van der Waals surface area contributed by atoms with E-state index in [0.717, 1.165) is 4.88 Å². The van der Waals surface area contributed by atoms with Crippen molar-refractivity contribution in [1.29, 1.82) is 0 Å². The summed E-state index contributed by atoms with van der Waals surface area (Å²) < 4.78 is 0. The summed E-state index contributed by atoms with van der Waals surface area (Å²) in [5, 5.41) is 5.61. The van der Waals surface area contributed by atoms with Crippen molar-refractivity contribution in [3.63, 3.8) is 0 Å². The molecule has 1 aromatic heterocycles. The van der Waals surface area contributed by atoms with Crippen molar-refractivity contribution in [2.75, 3.05) is 5.32 Å². The van der Waals surface area contributed by atoms with E-state index in [0.29, 0.717) is 15.7 Å². The number of carbonyl (C=O) groups is 1. The lowest BCUT2D eigenvalue weighted by Crippen LogP contribution is -2.07. The molecule has 92 valence electrons. The Bertz CT molecular complexity index is 579. The predicted molar refractivity (Wildman–Crippen MR) is 78.4 cm³/mol. The number of hydrogen-bond donors (Lipinski definition) is 1. The van der Waals surface area contributed by atoms with Gasteiger partial charge < -0.3 is 5.32 Å². The standard InChI is InChI=1S/C13H9Cl2NOS/c14-9-3-5-11(15)12(8-9)16-13(17)6-4-10-2-1-7-18-10/h1-8H,(H,16,17). The predicted octanol–water partition coefficient (Wildman–Crippen LogP) is 4.71. The first-order chi connectivity index (χ1) is 8.65. The van der Waals surface area contributed by atoms with Gasteiger partial charge in [0, 0.05) is 16.0 Å². The molecule has 0 aliphatic rings. The molecule has 1 heterocycles. The molecule has 0 spiro atoms. The highest BCUT2D eigenvalue weighted by Crippen LogP contribution is 2.25. The monoisotopic (exact) mass is 297 g/mol. The lowest BCUT2D eigenvalue weighted by atomic mass is 10.3. The van der Waals surface area contributed by atoms with Gasteiger partial charge in [0.05, 0.1) is 10.7 Å². The number of carbonyl (C=O) groups excluding carboxylic acids is 1. The summed E-state index contributed by atoms with van der Waals surface area (Å²) in [6.45, 7) is 0. The van der Waals surface area contributed by atoms with E-state index in [-0.39, 0.29) is 5.91 Å². The first-order valence-corrected chi connectivity index (χ1v) is 6.76. The maximum absolute atomic E-state index is 11.7. The SMILES string of the molecule is O=C(C=Cc1cccs1)Nc1cc(Cl)ccc1Cl. The average molecular weight is 298 g/mol. The minimum absolute atomic E-state index is 0.243. The van der Waals surface area contributed by atoms with Crippen LogP contribution in [0.1, 0.15) is 4.88 Å². The van der Waals surface area contributed by atoms with E-state index in [2.05, 4.69) is 5.32 Å². The van der Waals surface area contributed by atoms with Crippen LogP contribution in [0.25, 0.3) is 6.08 Å². The molecule has 0 aliphatic heterocycles. The number of hydrogen-bond acceptors (Lipinski definition) is 2. The lowest BCUT2D eigenvalue weighted by molar-refractivity contribution is -0.111. The Hall–Kier alpha value is -1.29. The third kappa shape index (κ3) is 3.60. The van der Waals surface area contributed by atoms with Crippen LogP contribution < -0.4 is 5.32 Å². The largest absolute Gasteiger partial charge is 0.321 e. The Morgan fingerprint density at radius 2 is 2.11 bits per heavy atom. The van der Waals surface area contributed by atoms with Gasteiger partial charge in [0.25, 0.3) is 0 Å². The number of amides is 1. The fourth-order valence-corrected chi connectivity index (χ4v) is 2.27.